The van der Waals surface area contributed by atoms with E-state index in [4.69, 9.17) is 11.6 Å². The fourth-order valence-corrected chi connectivity index (χ4v) is 3.13. The van der Waals surface area contributed by atoms with Gasteiger partial charge in [-0.2, -0.15) is 0 Å². The lowest BCUT2D eigenvalue weighted by molar-refractivity contribution is -0.134. The number of hydrogen-bond acceptors (Lipinski definition) is 2. The lowest BCUT2D eigenvalue weighted by atomic mass is 10.0. The Bertz CT molecular complexity index is 573. The summed E-state index contributed by atoms with van der Waals surface area (Å²) < 4.78 is 0. The van der Waals surface area contributed by atoms with Crippen LogP contribution >= 0.6 is 11.6 Å². The van der Waals surface area contributed by atoms with Crippen LogP contribution in [0.1, 0.15) is 45.1 Å². The minimum absolute atomic E-state index is 0.230. The predicted molar refractivity (Wildman–Crippen MR) is 104 cm³/mol. The molecule has 1 amide bonds. The number of hydrogen-bond donors (Lipinski definition) is 2. The number of rotatable bonds is 6. The third-order valence-electron chi connectivity index (χ3n) is 4.43. The van der Waals surface area contributed by atoms with Gasteiger partial charge in [-0.3, -0.25) is 4.79 Å². The molecule has 0 radical (unpaired) electrons. The summed E-state index contributed by atoms with van der Waals surface area (Å²) in [4.78, 5) is 19.0. The molecule has 0 spiro atoms. The van der Waals surface area contributed by atoms with Crippen molar-refractivity contribution < 1.29 is 4.79 Å². The summed E-state index contributed by atoms with van der Waals surface area (Å²) >= 11 is 5.90. The second-order valence-corrected chi connectivity index (χ2v) is 6.87. The second kappa shape index (κ2) is 10.3. The lowest BCUT2D eigenvalue weighted by Crippen LogP contribution is -2.44. The average Bonchev–Trinajstić information content (AvgIpc) is 2.61. The van der Waals surface area contributed by atoms with E-state index in [9.17, 15) is 4.79 Å². The number of piperidine rings is 1. The maximum atomic E-state index is 12.4. The van der Waals surface area contributed by atoms with Crippen molar-refractivity contribution in [2.24, 2.45) is 4.99 Å². The number of nitrogens with zero attached hydrogens (tertiary/aromatic N) is 2. The van der Waals surface area contributed by atoms with Crippen molar-refractivity contribution in [3.8, 4) is 0 Å². The third kappa shape index (κ3) is 6.58. The average molecular weight is 365 g/mol. The minimum atomic E-state index is 0.230. The van der Waals surface area contributed by atoms with Gasteiger partial charge in [0.1, 0.15) is 0 Å². The van der Waals surface area contributed by atoms with Gasteiger partial charge in [0.25, 0.3) is 0 Å². The molecule has 1 aliphatic rings. The molecule has 1 fully saturated rings. The second-order valence-electron chi connectivity index (χ2n) is 6.43. The molecule has 1 aliphatic heterocycles. The molecule has 1 aromatic rings. The molecule has 0 aromatic heterocycles. The van der Waals surface area contributed by atoms with E-state index in [1.165, 1.54) is 6.42 Å². The number of aliphatic imine (C=N–C) groups is 1. The quantitative estimate of drug-likeness (QED) is 0.602. The highest BCUT2D eigenvalue weighted by Crippen LogP contribution is 2.17. The Hall–Kier alpha value is -1.75. The molecule has 1 unspecified atom stereocenters. The predicted octanol–water partition coefficient (Wildman–Crippen LogP) is 3.19. The van der Waals surface area contributed by atoms with E-state index in [-0.39, 0.29) is 5.91 Å². The van der Waals surface area contributed by atoms with Gasteiger partial charge >= 0.3 is 0 Å². The molecule has 1 atom stereocenters. The van der Waals surface area contributed by atoms with Crippen LogP contribution in [0, 0.1) is 0 Å². The molecule has 1 saturated heterocycles. The number of amides is 1. The van der Waals surface area contributed by atoms with E-state index in [1.807, 2.05) is 36.1 Å². The fraction of sp³-hybridized carbons (Fsp3) is 0.579. The first-order valence-corrected chi connectivity index (χ1v) is 9.54. The number of guanidine groups is 1. The summed E-state index contributed by atoms with van der Waals surface area (Å²) in [6, 6.07) is 8.04. The van der Waals surface area contributed by atoms with Crippen LogP contribution in [0.4, 0.5) is 0 Å². The van der Waals surface area contributed by atoms with Gasteiger partial charge in [-0.15, -0.1) is 0 Å². The first kappa shape index (κ1) is 19.6. The van der Waals surface area contributed by atoms with E-state index in [0.29, 0.717) is 25.6 Å². The summed E-state index contributed by atoms with van der Waals surface area (Å²) in [5.74, 6) is 0.963. The Balaban J connectivity index is 1.81. The van der Waals surface area contributed by atoms with E-state index >= 15 is 0 Å². The van der Waals surface area contributed by atoms with Crippen LogP contribution in [-0.4, -0.2) is 42.4 Å². The van der Waals surface area contributed by atoms with Crippen molar-refractivity contribution in [1.82, 2.24) is 15.5 Å². The minimum Gasteiger partial charge on any atom is -0.357 e. The number of carbonyl (C=O) groups excluding carboxylic acids is 1. The van der Waals surface area contributed by atoms with Gasteiger partial charge in [0.2, 0.25) is 5.91 Å². The Kier molecular flexibility index (Phi) is 8.06. The highest BCUT2D eigenvalue weighted by Gasteiger charge is 2.22. The van der Waals surface area contributed by atoms with Crippen LogP contribution in [0.5, 0.6) is 0 Å². The zero-order valence-electron chi connectivity index (χ0n) is 15.2. The van der Waals surface area contributed by atoms with E-state index in [0.717, 1.165) is 42.5 Å². The van der Waals surface area contributed by atoms with E-state index in [1.54, 1.807) is 0 Å². The molecular weight excluding hydrogens is 336 g/mol. The monoisotopic (exact) mass is 364 g/mol. The fourth-order valence-electron chi connectivity index (χ4n) is 3.00. The summed E-state index contributed by atoms with van der Waals surface area (Å²) in [5.41, 5.74) is 1.10. The molecule has 138 valence electrons. The topological polar surface area (TPSA) is 56.7 Å². The molecule has 1 aromatic carbocycles. The largest absolute Gasteiger partial charge is 0.357 e. The molecule has 6 heteroatoms. The van der Waals surface area contributed by atoms with E-state index < -0.39 is 0 Å². The molecular formula is C19H29ClN4O. The van der Waals surface area contributed by atoms with Crippen LogP contribution in [-0.2, 0) is 11.3 Å². The molecule has 0 aliphatic carbocycles. The highest BCUT2D eigenvalue weighted by molar-refractivity contribution is 6.30. The lowest BCUT2D eigenvalue weighted by Gasteiger charge is -2.33. The van der Waals surface area contributed by atoms with Crippen LogP contribution in [0.25, 0.3) is 0 Å². The number of likely N-dealkylation sites (tertiary alicyclic amines) is 1. The highest BCUT2D eigenvalue weighted by atomic mass is 35.5. The van der Waals surface area contributed by atoms with Gasteiger partial charge in [0.05, 0.1) is 6.54 Å². The normalized spacial score (nSPS) is 18.1. The van der Waals surface area contributed by atoms with Crippen LogP contribution in [0.3, 0.4) is 0 Å². The molecule has 5 nitrogen and oxygen atoms in total. The first-order chi connectivity index (χ1) is 12.1. The molecule has 2 N–H and O–H groups in total. The van der Waals surface area contributed by atoms with Crippen LogP contribution in [0.2, 0.25) is 5.02 Å². The van der Waals surface area contributed by atoms with Crippen LogP contribution < -0.4 is 10.6 Å². The summed E-state index contributed by atoms with van der Waals surface area (Å²) in [6.07, 6.45) is 3.96. The van der Waals surface area contributed by atoms with Crippen molar-refractivity contribution >= 4 is 23.5 Å². The number of nitrogens with one attached hydrogen (secondary N) is 2. The van der Waals surface area contributed by atoms with Crippen molar-refractivity contribution in [3.63, 3.8) is 0 Å². The Labute approximate surface area is 155 Å². The maximum absolute atomic E-state index is 12.4. The van der Waals surface area contributed by atoms with Crippen molar-refractivity contribution in [3.05, 3.63) is 34.9 Å². The molecule has 25 heavy (non-hydrogen) atoms. The summed E-state index contributed by atoms with van der Waals surface area (Å²) in [6.45, 7) is 7.01. The Morgan fingerprint density at radius 2 is 2.04 bits per heavy atom. The van der Waals surface area contributed by atoms with Gasteiger partial charge in [-0.1, -0.05) is 23.7 Å². The van der Waals surface area contributed by atoms with Crippen molar-refractivity contribution in [1.29, 1.82) is 0 Å². The van der Waals surface area contributed by atoms with E-state index in [2.05, 4.69) is 22.5 Å². The van der Waals surface area contributed by atoms with Crippen molar-refractivity contribution in [2.75, 3.05) is 19.6 Å². The zero-order chi connectivity index (χ0) is 18.1. The molecule has 2 rings (SSSR count). The SMILES string of the molecule is CCNC(=NCc1ccc(Cl)cc1)NCCC(=O)N1CCCCC1C. The molecule has 0 bridgehead atoms. The van der Waals surface area contributed by atoms with Crippen LogP contribution in [0.15, 0.2) is 29.3 Å². The summed E-state index contributed by atoms with van der Waals surface area (Å²) in [7, 11) is 0. The van der Waals surface area contributed by atoms with Gasteiger partial charge in [-0.05, 0) is 50.8 Å². The molecule has 1 heterocycles. The van der Waals surface area contributed by atoms with Gasteiger partial charge in [-0.25, -0.2) is 4.99 Å². The maximum Gasteiger partial charge on any atom is 0.224 e. The number of benzene rings is 1. The summed E-state index contributed by atoms with van der Waals surface area (Å²) in [5, 5.41) is 7.19. The van der Waals surface area contributed by atoms with Gasteiger partial charge in [0, 0.05) is 37.1 Å². The smallest absolute Gasteiger partial charge is 0.224 e. The van der Waals surface area contributed by atoms with Crippen molar-refractivity contribution in [2.45, 2.75) is 52.1 Å². The zero-order valence-corrected chi connectivity index (χ0v) is 16.0. The molecule has 0 saturated carbocycles. The Morgan fingerprint density at radius 1 is 1.28 bits per heavy atom. The standard InChI is InChI=1S/C19H29ClN4O/c1-3-21-19(23-14-16-7-9-17(20)10-8-16)22-12-11-18(25)24-13-5-4-6-15(24)2/h7-10,15H,3-6,11-14H2,1-2H3,(H2,21,22,23). The Morgan fingerprint density at radius 3 is 2.72 bits per heavy atom. The van der Waals surface area contributed by atoms with Gasteiger partial charge in [0.15, 0.2) is 5.96 Å². The number of halogens is 1. The number of carbonyl (C=O) groups is 1. The van der Waals surface area contributed by atoms with Gasteiger partial charge < -0.3 is 15.5 Å². The third-order valence-corrected chi connectivity index (χ3v) is 4.68. The first-order valence-electron chi connectivity index (χ1n) is 9.16.